The van der Waals surface area contributed by atoms with Crippen molar-refractivity contribution in [3.8, 4) is 0 Å². The van der Waals surface area contributed by atoms with Crippen LogP contribution in [0, 0.1) is 12.7 Å². The van der Waals surface area contributed by atoms with E-state index in [0.29, 0.717) is 0 Å². The number of benzene rings is 1. The van der Waals surface area contributed by atoms with E-state index in [1.807, 2.05) is 13.0 Å². The van der Waals surface area contributed by atoms with Gasteiger partial charge >= 0.3 is 0 Å². The Hall–Kier alpha value is -0.930. The molecule has 1 aromatic rings. The van der Waals surface area contributed by atoms with Crippen LogP contribution in [0.4, 0.5) is 4.39 Å². The molecule has 2 rings (SSSR count). The Morgan fingerprint density at radius 1 is 1.32 bits per heavy atom. The fraction of sp³-hybridized carbons (Fsp3) is 0.625. The minimum absolute atomic E-state index is 0.148. The molecule has 1 aliphatic rings. The van der Waals surface area contributed by atoms with Crippen molar-refractivity contribution in [1.29, 1.82) is 0 Å². The Morgan fingerprint density at radius 3 is 2.79 bits per heavy atom. The van der Waals surface area contributed by atoms with Crippen molar-refractivity contribution in [2.75, 3.05) is 20.1 Å². The van der Waals surface area contributed by atoms with Crippen molar-refractivity contribution in [1.82, 2.24) is 10.2 Å². The van der Waals surface area contributed by atoms with Gasteiger partial charge in [-0.15, -0.1) is 0 Å². The van der Waals surface area contributed by atoms with Crippen LogP contribution in [0.1, 0.15) is 36.8 Å². The highest BCUT2D eigenvalue weighted by Crippen LogP contribution is 2.21. The maximum atomic E-state index is 13.2. The normalized spacial score (nSPS) is 16.4. The zero-order valence-electron chi connectivity index (χ0n) is 12.1. The van der Waals surface area contributed by atoms with Crippen LogP contribution >= 0.6 is 0 Å². The number of rotatable bonds is 6. The van der Waals surface area contributed by atoms with Gasteiger partial charge in [0.05, 0.1) is 0 Å². The van der Waals surface area contributed by atoms with Crippen molar-refractivity contribution >= 4 is 0 Å². The van der Waals surface area contributed by atoms with Crippen LogP contribution in [-0.4, -0.2) is 31.1 Å². The molecule has 0 unspecified atom stereocenters. The van der Waals surface area contributed by atoms with Gasteiger partial charge in [-0.25, -0.2) is 4.39 Å². The van der Waals surface area contributed by atoms with Gasteiger partial charge in [0.15, 0.2) is 0 Å². The highest BCUT2D eigenvalue weighted by Gasteiger charge is 2.18. The number of hydrogen-bond donors (Lipinski definition) is 1. The molecule has 1 aliphatic carbocycles. The van der Waals surface area contributed by atoms with Gasteiger partial charge in [0.1, 0.15) is 5.82 Å². The second kappa shape index (κ2) is 7.01. The van der Waals surface area contributed by atoms with Crippen LogP contribution < -0.4 is 5.32 Å². The zero-order chi connectivity index (χ0) is 13.7. The number of aryl methyl sites for hydroxylation is 1. The topological polar surface area (TPSA) is 15.3 Å². The summed E-state index contributed by atoms with van der Waals surface area (Å²) < 4.78 is 13.2. The first-order chi connectivity index (χ1) is 9.16. The lowest BCUT2D eigenvalue weighted by atomic mass is 10.1. The molecule has 2 nitrogen and oxygen atoms in total. The first kappa shape index (κ1) is 14.5. The van der Waals surface area contributed by atoms with Gasteiger partial charge < -0.3 is 10.2 Å². The Labute approximate surface area is 116 Å². The fourth-order valence-corrected chi connectivity index (χ4v) is 2.84. The van der Waals surface area contributed by atoms with Crippen molar-refractivity contribution in [3.05, 3.63) is 35.1 Å². The number of nitrogens with zero attached hydrogens (tertiary/aromatic N) is 1. The average Bonchev–Trinajstić information content (AvgIpc) is 2.92. The van der Waals surface area contributed by atoms with Crippen LogP contribution in [-0.2, 0) is 6.54 Å². The second-order valence-electron chi connectivity index (χ2n) is 5.67. The third-order valence-electron chi connectivity index (χ3n) is 4.22. The molecule has 106 valence electrons. The van der Waals surface area contributed by atoms with E-state index in [-0.39, 0.29) is 5.82 Å². The standard InChI is InChI=1S/C16H25FN2/c1-13-7-8-15(17)11-14(13)12-18-9-10-19(2)16-5-3-4-6-16/h7-8,11,16,18H,3-6,9-10,12H2,1-2H3. The molecule has 0 atom stereocenters. The van der Waals surface area contributed by atoms with Crippen molar-refractivity contribution in [2.45, 2.75) is 45.2 Å². The van der Waals surface area contributed by atoms with Gasteiger partial charge in [-0.2, -0.15) is 0 Å². The van der Waals surface area contributed by atoms with E-state index in [0.717, 1.165) is 36.8 Å². The van der Waals surface area contributed by atoms with E-state index in [1.165, 1.54) is 31.7 Å². The summed E-state index contributed by atoms with van der Waals surface area (Å²) in [7, 11) is 2.21. The molecule has 1 saturated carbocycles. The number of likely N-dealkylation sites (N-methyl/N-ethyl adjacent to an activating group) is 1. The largest absolute Gasteiger partial charge is 0.311 e. The highest BCUT2D eigenvalue weighted by molar-refractivity contribution is 5.26. The van der Waals surface area contributed by atoms with Crippen LogP contribution in [0.5, 0.6) is 0 Å². The van der Waals surface area contributed by atoms with Gasteiger partial charge in [0.2, 0.25) is 0 Å². The molecule has 0 heterocycles. The summed E-state index contributed by atoms with van der Waals surface area (Å²) in [6, 6.07) is 5.77. The molecule has 0 saturated heterocycles. The lowest BCUT2D eigenvalue weighted by Crippen LogP contribution is -2.35. The summed E-state index contributed by atoms with van der Waals surface area (Å²) in [5.74, 6) is -0.148. The molecule has 1 N–H and O–H groups in total. The van der Waals surface area contributed by atoms with E-state index < -0.39 is 0 Å². The van der Waals surface area contributed by atoms with Crippen molar-refractivity contribution < 1.29 is 4.39 Å². The third-order valence-corrected chi connectivity index (χ3v) is 4.22. The van der Waals surface area contributed by atoms with Gasteiger partial charge in [0, 0.05) is 25.7 Å². The Kier molecular flexibility index (Phi) is 5.34. The van der Waals surface area contributed by atoms with Gasteiger partial charge in [0.25, 0.3) is 0 Å². The number of halogens is 1. The molecule has 1 aromatic carbocycles. The van der Waals surface area contributed by atoms with E-state index in [4.69, 9.17) is 0 Å². The van der Waals surface area contributed by atoms with E-state index in [2.05, 4.69) is 17.3 Å². The smallest absolute Gasteiger partial charge is 0.123 e. The lowest BCUT2D eigenvalue weighted by Gasteiger charge is -2.24. The Balaban J connectivity index is 1.70. The van der Waals surface area contributed by atoms with Crippen LogP contribution in [0.25, 0.3) is 0 Å². The Morgan fingerprint density at radius 2 is 2.05 bits per heavy atom. The molecule has 0 aliphatic heterocycles. The minimum atomic E-state index is -0.148. The number of nitrogens with one attached hydrogen (secondary N) is 1. The molecule has 0 spiro atoms. The monoisotopic (exact) mass is 264 g/mol. The van der Waals surface area contributed by atoms with Crippen molar-refractivity contribution in [2.24, 2.45) is 0 Å². The van der Waals surface area contributed by atoms with Gasteiger partial charge in [-0.05, 0) is 50.1 Å². The molecular formula is C16H25FN2. The molecule has 0 radical (unpaired) electrons. The minimum Gasteiger partial charge on any atom is -0.311 e. The predicted octanol–water partition coefficient (Wildman–Crippen LogP) is 3.10. The first-order valence-corrected chi connectivity index (χ1v) is 7.33. The van der Waals surface area contributed by atoms with E-state index in [1.54, 1.807) is 6.07 Å². The number of hydrogen-bond acceptors (Lipinski definition) is 2. The molecule has 0 aromatic heterocycles. The van der Waals surface area contributed by atoms with Crippen LogP contribution in [0.2, 0.25) is 0 Å². The quantitative estimate of drug-likeness (QED) is 0.794. The summed E-state index contributed by atoms with van der Waals surface area (Å²) in [6.07, 6.45) is 5.45. The van der Waals surface area contributed by atoms with Gasteiger partial charge in [-0.1, -0.05) is 18.9 Å². The van der Waals surface area contributed by atoms with Crippen LogP contribution in [0.15, 0.2) is 18.2 Å². The average molecular weight is 264 g/mol. The first-order valence-electron chi connectivity index (χ1n) is 7.33. The van der Waals surface area contributed by atoms with E-state index in [9.17, 15) is 4.39 Å². The molecule has 0 bridgehead atoms. The molecular weight excluding hydrogens is 239 g/mol. The maximum absolute atomic E-state index is 13.2. The molecule has 0 amide bonds. The maximum Gasteiger partial charge on any atom is 0.123 e. The Bertz CT molecular complexity index is 400. The summed E-state index contributed by atoms with van der Waals surface area (Å²) >= 11 is 0. The van der Waals surface area contributed by atoms with E-state index >= 15 is 0 Å². The van der Waals surface area contributed by atoms with Gasteiger partial charge in [-0.3, -0.25) is 0 Å². The van der Waals surface area contributed by atoms with Crippen molar-refractivity contribution in [3.63, 3.8) is 0 Å². The highest BCUT2D eigenvalue weighted by atomic mass is 19.1. The summed E-state index contributed by atoms with van der Waals surface area (Å²) in [5.41, 5.74) is 2.21. The predicted molar refractivity (Wildman–Crippen MR) is 77.7 cm³/mol. The van der Waals surface area contributed by atoms with Crippen LogP contribution in [0.3, 0.4) is 0 Å². The zero-order valence-corrected chi connectivity index (χ0v) is 12.1. The fourth-order valence-electron chi connectivity index (χ4n) is 2.84. The SMILES string of the molecule is Cc1ccc(F)cc1CNCCN(C)C1CCCC1. The lowest BCUT2D eigenvalue weighted by molar-refractivity contribution is 0.245. The molecule has 19 heavy (non-hydrogen) atoms. The summed E-state index contributed by atoms with van der Waals surface area (Å²) in [5, 5.41) is 3.42. The summed E-state index contributed by atoms with van der Waals surface area (Å²) in [6.45, 7) is 4.81. The second-order valence-corrected chi connectivity index (χ2v) is 5.67. The molecule has 3 heteroatoms. The third kappa shape index (κ3) is 4.29. The summed E-state index contributed by atoms with van der Waals surface area (Å²) in [4.78, 5) is 2.46. The molecule has 1 fully saturated rings.